The van der Waals surface area contributed by atoms with E-state index in [1.807, 2.05) is 13.0 Å². The van der Waals surface area contributed by atoms with Gasteiger partial charge in [-0.05, 0) is 61.6 Å². The van der Waals surface area contributed by atoms with Gasteiger partial charge in [-0.15, -0.1) is 11.3 Å². The molecule has 1 aromatic heterocycles. The van der Waals surface area contributed by atoms with Crippen LogP contribution in [0.25, 0.3) is 0 Å². The Morgan fingerprint density at radius 1 is 1.43 bits per heavy atom. The van der Waals surface area contributed by atoms with Gasteiger partial charge >= 0.3 is 5.97 Å². The molecule has 110 valence electrons. The van der Waals surface area contributed by atoms with E-state index in [0.29, 0.717) is 5.56 Å². The Morgan fingerprint density at radius 2 is 2.24 bits per heavy atom. The minimum absolute atomic E-state index is 0.256. The first kappa shape index (κ1) is 14.4. The van der Waals surface area contributed by atoms with Crippen LogP contribution in [0.4, 0.5) is 5.69 Å². The maximum atomic E-state index is 11.0. The van der Waals surface area contributed by atoms with E-state index in [1.165, 1.54) is 10.4 Å². The van der Waals surface area contributed by atoms with Crippen LogP contribution in [-0.2, 0) is 6.42 Å². The summed E-state index contributed by atoms with van der Waals surface area (Å²) in [6, 6.07) is 7.50. The van der Waals surface area contributed by atoms with E-state index in [9.17, 15) is 4.79 Å². The normalized spacial score (nSPS) is 17.3. The van der Waals surface area contributed by atoms with Crippen LogP contribution in [0, 0.1) is 6.92 Å². The van der Waals surface area contributed by atoms with Gasteiger partial charge in [0.05, 0.1) is 15.9 Å². The van der Waals surface area contributed by atoms with Crippen molar-refractivity contribution in [1.29, 1.82) is 0 Å². The quantitative estimate of drug-likeness (QED) is 0.845. The Balaban J connectivity index is 1.86. The number of carboxylic acids is 1. The zero-order valence-corrected chi connectivity index (χ0v) is 13.2. The third kappa shape index (κ3) is 2.92. The van der Waals surface area contributed by atoms with Crippen LogP contribution < -0.4 is 5.32 Å². The van der Waals surface area contributed by atoms with Crippen LogP contribution in [0.2, 0.25) is 4.34 Å². The van der Waals surface area contributed by atoms with Crippen molar-refractivity contribution in [1.82, 2.24) is 0 Å². The maximum absolute atomic E-state index is 11.0. The molecule has 5 heteroatoms. The lowest BCUT2D eigenvalue weighted by Crippen LogP contribution is -2.16. The van der Waals surface area contributed by atoms with E-state index < -0.39 is 5.97 Å². The number of halogens is 1. The summed E-state index contributed by atoms with van der Waals surface area (Å²) < 4.78 is 0.839. The predicted octanol–water partition coefficient (Wildman–Crippen LogP) is 4.90. The number of fused-ring (bicyclic) bond motifs is 1. The van der Waals surface area contributed by atoms with Crippen LogP contribution in [-0.4, -0.2) is 11.1 Å². The van der Waals surface area contributed by atoms with Gasteiger partial charge in [0, 0.05) is 10.6 Å². The predicted molar refractivity (Wildman–Crippen MR) is 86.8 cm³/mol. The smallest absolute Gasteiger partial charge is 0.335 e. The first-order valence-electron chi connectivity index (χ1n) is 6.93. The van der Waals surface area contributed by atoms with Crippen LogP contribution in [0.15, 0.2) is 24.3 Å². The third-order valence-corrected chi connectivity index (χ3v) is 5.23. The topological polar surface area (TPSA) is 49.3 Å². The number of thiophene rings is 1. The molecular weight excluding hydrogens is 306 g/mol. The van der Waals surface area contributed by atoms with E-state index >= 15 is 0 Å². The third-order valence-electron chi connectivity index (χ3n) is 3.89. The van der Waals surface area contributed by atoms with E-state index in [4.69, 9.17) is 16.7 Å². The first-order valence-corrected chi connectivity index (χ1v) is 8.12. The lowest BCUT2D eigenvalue weighted by atomic mass is 9.93. The Morgan fingerprint density at radius 3 is 2.95 bits per heavy atom. The molecule has 0 bridgehead atoms. The SMILES string of the molecule is Cc1cc(C(=O)O)ccc1NC1CCCc2sc(Cl)cc21. The number of rotatable bonds is 3. The summed E-state index contributed by atoms with van der Waals surface area (Å²) in [4.78, 5) is 12.4. The Labute approximate surface area is 132 Å². The fourth-order valence-electron chi connectivity index (χ4n) is 2.82. The molecule has 0 fully saturated rings. The van der Waals surface area contributed by atoms with Crippen molar-refractivity contribution in [3.05, 3.63) is 50.2 Å². The van der Waals surface area contributed by atoms with Gasteiger partial charge in [0.2, 0.25) is 0 Å². The number of nitrogens with one attached hydrogen (secondary N) is 1. The summed E-state index contributed by atoms with van der Waals surface area (Å²) in [6.45, 7) is 1.93. The lowest BCUT2D eigenvalue weighted by molar-refractivity contribution is 0.0697. The standard InChI is InChI=1S/C16H16ClNO2S/c1-9-7-10(16(19)20)5-6-12(9)18-13-3-2-4-14-11(13)8-15(17)21-14/h5-8,13,18H,2-4H2,1H3,(H,19,20). The van der Waals surface area contributed by atoms with Crippen molar-refractivity contribution in [2.24, 2.45) is 0 Å². The molecule has 0 amide bonds. The summed E-state index contributed by atoms with van der Waals surface area (Å²) in [5.74, 6) is -0.894. The fourth-order valence-corrected chi connectivity index (χ4v) is 4.20. The summed E-state index contributed by atoms with van der Waals surface area (Å²) in [7, 11) is 0. The number of carbonyl (C=O) groups is 1. The van der Waals surface area contributed by atoms with Crippen molar-refractivity contribution in [3.8, 4) is 0 Å². The minimum atomic E-state index is -0.894. The van der Waals surface area contributed by atoms with Crippen LogP contribution in [0.3, 0.4) is 0 Å². The Bertz CT molecular complexity index is 696. The molecule has 0 radical (unpaired) electrons. The Hall–Kier alpha value is -1.52. The molecule has 0 saturated heterocycles. The second kappa shape index (κ2) is 5.70. The van der Waals surface area contributed by atoms with Gasteiger partial charge in [-0.2, -0.15) is 0 Å². The summed E-state index contributed by atoms with van der Waals surface area (Å²) in [6.07, 6.45) is 3.32. The first-order chi connectivity index (χ1) is 10.0. The van der Waals surface area contributed by atoms with Gasteiger partial charge in [0.25, 0.3) is 0 Å². The monoisotopic (exact) mass is 321 g/mol. The van der Waals surface area contributed by atoms with Gasteiger partial charge in [0.1, 0.15) is 0 Å². The average molecular weight is 322 g/mol. The summed E-state index contributed by atoms with van der Waals surface area (Å²) in [5.41, 5.74) is 3.54. The molecule has 1 heterocycles. The van der Waals surface area contributed by atoms with E-state index in [1.54, 1.807) is 23.5 Å². The molecule has 1 unspecified atom stereocenters. The molecule has 2 aromatic rings. The van der Waals surface area contributed by atoms with Crippen LogP contribution >= 0.6 is 22.9 Å². The van der Waals surface area contributed by atoms with E-state index in [-0.39, 0.29) is 6.04 Å². The molecule has 21 heavy (non-hydrogen) atoms. The van der Waals surface area contributed by atoms with Crippen molar-refractivity contribution in [3.63, 3.8) is 0 Å². The molecule has 0 aliphatic heterocycles. The highest BCUT2D eigenvalue weighted by molar-refractivity contribution is 7.16. The second-order valence-electron chi connectivity index (χ2n) is 5.35. The van der Waals surface area contributed by atoms with Crippen molar-refractivity contribution >= 4 is 34.6 Å². The largest absolute Gasteiger partial charge is 0.478 e. The maximum Gasteiger partial charge on any atom is 0.335 e. The molecule has 1 aliphatic carbocycles. The second-order valence-corrected chi connectivity index (χ2v) is 7.12. The van der Waals surface area contributed by atoms with Crippen molar-refractivity contribution in [2.45, 2.75) is 32.2 Å². The van der Waals surface area contributed by atoms with Gasteiger partial charge in [-0.25, -0.2) is 4.79 Å². The van der Waals surface area contributed by atoms with Crippen molar-refractivity contribution < 1.29 is 9.90 Å². The van der Waals surface area contributed by atoms with Gasteiger partial charge in [-0.1, -0.05) is 11.6 Å². The van der Waals surface area contributed by atoms with E-state index in [2.05, 4.69) is 11.4 Å². The van der Waals surface area contributed by atoms with Crippen LogP contribution in [0.1, 0.15) is 45.2 Å². The number of hydrogen-bond acceptors (Lipinski definition) is 3. The molecule has 1 aromatic carbocycles. The average Bonchev–Trinajstić information content (AvgIpc) is 2.82. The summed E-state index contributed by atoms with van der Waals surface area (Å²) in [5, 5.41) is 12.6. The number of aryl methyl sites for hydroxylation is 2. The molecule has 0 saturated carbocycles. The molecular formula is C16H16ClNO2S. The van der Waals surface area contributed by atoms with E-state index in [0.717, 1.165) is 34.8 Å². The Kier molecular flexibility index (Phi) is 3.91. The number of carboxylic acid groups (broad SMARTS) is 1. The molecule has 1 aliphatic rings. The zero-order valence-electron chi connectivity index (χ0n) is 11.6. The van der Waals surface area contributed by atoms with Gasteiger partial charge in [0.15, 0.2) is 0 Å². The highest BCUT2D eigenvalue weighted by atomic mass is 35.5. The number of aromatic carboxylic acids is 1. The molecule has 1 atom stereocenters. The number of hydrogen-bond donors (Lipinski definition) is 2. The summed E-state index contributed by atoms with van der Waals surface area (Å²) >= 11 is 7.79. The number of anilines is 1. The molecule has 3 nitrogen and oxygen atoms in total. The highest BCUT2D eigenvalue weighted by Crippen LogP contribution is 2.39. The fraction of sp³-hybridized carbons (Fsp3) is 0.312. The molecule has 2 N–H and O–H groups in total. The zero-order chi connectivity index (χ0) is 15.0. The van der Waals surface area contributed by atoms with Crippen molar-refractivity contribution in [2.75, 3.05) is 5.32 Å². The van der Waals surface area contributed by atoms with Gasteiger partial charge < -0.3 is 10.4 Å². The van der Waals surface area contributed by atoms with Gasteiger partial charge in [-0.3, -0.25) is 0 Å². The molecule has 0 spiro atoms. The highest BCUT2D eigenvalue weighted by Gasteiger charge is 2.23. The van der Waals surface area contributed by atoms with Crippen LogP contribution in [0.5, 0.6) is 0 Å². The minimum Gasteiger partial charge on any atom is -0.478 e. The lowest BCUT2D eigenvalue weighted by Gasteiger charge is -2.25. The molecule has 3 rings (SSSR count). The number of benzene rings is 1.